The van der Waals surface area contributed by atoms with Gasteiger partial charge in [0.05, 0.1) is 10.6 Å². The number of hydrogen-bond acceptors (Lipinski definition) is 4. The Morgan fingerprint density at radius 3 is 2.12 bits per heavy atom. The highest BCUT2D eigenvalue weighted by atomic mass is 35.5. The number of carbonyl (C=O) groups is 1. The Morgan fingerprint density at radius 1 is 0.909 bits per heavy atom. The Hall–Kier alpha value is -2.74. The first-order valence-corrected chi connectivity index (χ1v) is 12.4. The molecule has 174 valence electrons. The maximum Gasteiger partial charge on any atom is 0.265 e. The van der Waals surface area contributed by atoms with Crippen molar-refractivity contribution in [3.63, 3.8) is 0 Å². The molecule has 0 aliphatic carbocycles. The van der Waals surface area contributed by atoms with Crippen molar-refractivity contribution in [3.8, 4) is 5.75 Å². The predicted molar refractivity (Wildman–Crippen MR) is 133 cm³/mol. The lowest BCUT2D eigenvalue weighted by molar-refractivity contribution is -0.122. The van der Waals surface area contributed by atoms with Crippen LogP contribution in [-0.4, -0.2) is 20.4 Å². The fraction of sp³-hybridized carbons (Fsp3) is 0.208. The molecule has 33 heavy (non-hydrogen) atoms. The monoisotopic (exact) mass is 506 g/mol. The van der Waals surface area contributed by atoms with Gasteiger partial charge in [-0.2, -0.15) is 0 Å². The van der Waals surface area contributed by atoms with Crippen LogP contribution in [0, 0.1) is 13.8 Å². The summed E-state index contributed by atoms with van der Waals surface area (Å²) in [5, 5.41) is 3.39. The van der Waals surface area contributed by atoms with E-state index in [0.717, 1.165) is 11.1 Å². The summed E-state index contributed by atoms with van der Waals surface area (Å²) in [5.41, 5.74) is 2.92. The topological polar surface area (TPSA) is 84.5 Å². The maximum absolute atomic E-state index is 12.7. The number of rotatable bonds is 8. The van der Waals surface area contributed by atoms with Gasteiger partial charge in [-0.25, -0.2) is 8.42 Å². The Kier molecular flexibility index (Phi) is 7.89. The summed E-state index contributed by atoms with van der Waals surface area (Å²) in [7, 11) is -3.87. The highest BCUT2D eigenvalue weighted by Crippen LogP contribution is 2.25. The summed E-state index contributed by atoms with van der Waals surface area (Å²) in [6.45, 7) is 5.84. The Morgan fingerprint density at radius 2 is 1.55 bits per heavy atom. The zero-order chi connectivity index (χ0) is 24.2. The number of halogens is 2. The van der Waals surface area contributed by atoms with Crippen LogP contribution in [0.4, 0.5) is 11.4 Å². The first-order valence-electron chi connectivity index (χ1n) is 10.2. The van der Waals surface area contributed by atoms with Crippen molar-refractivity contribution < 1.29 is 17.9 Å². The molecule has 6 nitrogen and oxygen atoms in total. The summed E-state index contributed by atoms with van der Waals surface area (Å²) < 4.78 is 33.6. The van der Waals surface area contributed by atoms with Crippen LogP contribution in [0.5, 0.6) is 5.75 Å². The van der Waals surface area contributed by atoms with E-state index in [1.54, 1.807) is 0 Å². The van der Waals surface area contributed by atoms with Gasteiger partial charge in [-0.1, -0.05) is 36.2 Å². The lowest BCUT2D eigenvalue weighted by Crippen LogP contribution is -2.32. The minimum absolute atomic E-state index is 0.0232. The molecular weight excluding hydrogens is 483 g/mol. The van der Waals surface area contributed by atoms with Gasteiger partial charge in [-0.15, -0.1) is 0 Å². The molecule has 1 atom stereocenters. The lowest BCUT2D eigenvalue weighted by atomic mass is 10.1. The molecule has 0 saturated heterocycles. The van der Waals surface area contributed by atoms with Crippen molar-refractivity contribution in [2.75, 3.05) is 10.0 Å². The van der Waals surface area contributed by atoms with Gasteiger partial charge in [0.25, 0.3) is 15.9 Å². The number of amides is 1. The number of sulfonamides is 1. The van der Waals surface area contributed by atoms with E-state index in [1.807, 2.05) is 39.0 Å². The molecule has 0 heterocycles. The van der Waals surface area contributed by atoms with Gasteiger partial charge in [0.2, 0.25) is 0 Å². The van der Waals surface area contributed by atoms with Gasteiger partial charge in [0, 0.05) is 15.7 Å². The van der Waals surface area contributed by atoms with Crippen molar-refractivity contribution in [1.82, 2.24) is 0 Å². The first-order chi connectivity index (χ1) is 15.6. The quantitative estimate of drug-likeness (QED) is 0.380. The van der Waals surface area contributed by atoms with Crippen molar-refractivity contribution in [3.05, 3.63) is 81.8 Å². The summed E-state index contributed by atoms with van der Waals surface area (Å²) in [4.78, 5) is 12.7. The van der Waals surface area contributed by atoms with Crippen LogP contribution in [0.2, 0.25) is 10.0 Å². The van der Waals surface area contributed by atoms with Crippen LogP contribution in [0.1, 0.15) is 24.5 Å². The summed E-state index contributed by atoms with van der Waals surface area (Å²) in [6, 6.07) is 15.9. The highest BCUT2D eigenvalue weighted by Gasteiger charge is 2.20. The molecule has 0 saturated carbocycles. The second kappa shape index (κ2) is 10.5. The first kappa shape index (κ1) is 24.9. The molecular formula is C24H24Cl2N2O4S. The van der Waals surface area contributed by atoms with Crippen molar-refractivity contribution in [1.29, 1.82) is 0 Å². The van der Waals surface area contributed by atoms with E-state index >= 15 is 0 Å². The zero-order valence-corrected chi connectivity index (χ0v) is 20.7. The van der Waals surface area contributed by atoms with E-state index < -0.39 is 16.1 Å². The van der Waals surface area contributed by atoms with Crippen LogP contribution in [0.3, 0.4) is 0 Å². The molecule has 0 unspecified atom stereocenters. The lowest BCUT2D eigenvalue weighted by Gasteiger charge is -2.18. The van der Waals surface area contributed by atoms with Gasteiger partial charge in [0.15, 0.2) is 6.10 Å². The second-order valence-electron chi connectivity index (χ2n) is 7.54. The van der Waals surface area contributed by atoms with Gasteiger partial charge in [0.1, 0.15) is 5.75 Å². The predicted octanol–water partition coefficient (Wildman–Crippen LogP) is 6.21. The van der Waals surface area contributed by atoms with Crippen molar-refractivity contribution in [2.24, 2.45) is 0 Å². The number of anilines is 2. The molecule has 3 aromatic rings. The average molecular weight is 507 g/mol. The Balaban J connectivity index is 1.68. The molecule has 0 aliphatic rings. The minimum atomic E-state index is -3.87. The highest BCUT2D eigenvalue weighted by molar-refractivity contribution is 7.92. The van der Waals surface area contributed by atoms with Crippen LogP contribution >= 0.6 is 23.2 Å². The molecule has 1 amide bonds. The van der Waals surface area contributed by atoms with E-state index in [2.05, 4.69) is 10.0 Å². The number of hydrogen-bond donors (Lipinski definition) is 2. The summed E-state index contributed by atoms with van der Waals surface area (Å²) >= 11 is 11.9. The van der Waals surface area contributed by atoms with Crippen LogP contribution in [0.15, 0.2) is 65.6 Å². The molecule has 0 bridgehead atoms. The Bertz CT molecular complexity index is 1240. The third-order valence-electron chi connectivity index (χ3n) is 4.97. The van der Waals surface area contributed by atoms with Gasteiger partial charge in [-0.3, -0.25) is 9.52 Å². The van der Waals surface area contributed by atoms with E-state index in [1.165, 1.54) is 42.5 Å². The maximum atomic E-state index is 12.7. The number of ether oxygens (including phenoxy) is 1. The SMILES string of the molecule is CC[C@@H](Oc1ccc(C)c(C)c1)C(=O)Nc1ccc(S(=O)(=O)Nc2cc(Cl)cc(Cl)c2)cc1. The fourth-order valence-corrected chi connectivity index (χ4v) is 4.61. The zero-order valence-electron chi connectivity index (χ0n) is 18.4. The molecule has 0 radical (unpaired) electrons. The Labute approximate surface area is 203 Å². The molecule has 3 rings (SSSR count). The minimum Gasteiger partial charge on any atom is -0.481 e. The molecule has 0 aliphatic heterocycles. The van der Waals surface area contributed by atoms with Gasteiger partial charge >= 0.3 is 0 Å². The van der Waals surface area contributed by atoms with Crippen LogP contribution < -0.4 is 14.8 Å². The molecule has 3 aromatic carbocycles. The molecule has 9 heteroatoms. The van der Waals surface area contributed by atoms with Crippen molar-refractivity contribution in [2.45, 2.75) is 38.2 Å². The standard InChI is InChI=1S/C24H24Cl2N2O4S/c1-4-23(32-21-8-5-15(2)16(3)11-21)24(29)27-19-6-9-22(10-7-19)33(30,31)28-20-13-17(25)12-18(26)14-20/h5-14,23,28H,4H2,1-3H3,(H,27,29)/t23-/m1/s1. The van der Waals surface area contributed by atoms with Crippen LogP contribution in [0.25, 0.3) is 0 Å². The van der Waals surface area contributed by atoms with E-state index in [4.69, 9.17) is 27.9 Å². The smallest absolute Gasteiger partial charge is 0.265 e. The molecule has 0 fully saturated rings. The normalized spacial score (nSPS) is 12.2. The molecule has 0 spiro atoms. The van der Waals surface area contributed by atoms with Crippen molar-refractivity contribution >= 4 is 50.5 Å². The van der Waals surface area contributed by atoms with Gasteiger partial charge in [-0.05, 0) is 86.0 Å². The number of aryl methyl sites for hydroxylation is 2. The second-order valence-corrected chi connectivity index (χ2v) is 10.1. The number of benzene rings is 3. The molecule has 2 N–H and O–H groups in total. The third-order valence-corrected chi connectivity index (χ3v) is 6.80. The number of nitrogens with one attached hydrogen (secondary N) is 2. The third kappa shape index (κ3) is 6.63. The van der Waals surface area contributed by atoms with E-state index in [-0.39, 0.29) is 16.5 Å². The van der Waals surface area contributed by atoms with Gasteiger partial charge < -0.3 is 10.1 Å². The van der Waals surface area contributed by atoms with E-state index in [0.29, 0.717) is 27.9 Å². The van der Waals surface area contributed by atoms with Crippen LogP contribution in [-0.2, 0) is 14.8 Å². The average Bonchev–Trinajstić information content (AvgIpc) is 2.73. The number of carbonyl (C=O) groups excluding carboxylic acids is 1. The largest absolute Gasteiger partial charge is 0.481 e. The molecule has 0 aromatic heterocycles. The summed E-state index contributed by atoms with van der Waals surface area (Å²) in [5.74, 6) is 0.298. The fourth-order valence-electron chi connectivity index (χ4n) is 3.04. The summed E-state index contributed by atoms with van der Waals surface area (Å²) in [6.07, 6.45) is -0.220. The van der Waals surface area contributed by atoms with E-state index in [9.17, 15) is 13.2 Å².